The minimum atomic E-state index is 0.474. The molecule has 2 aromatic rings. The van der Waals surface area contributed by atoms with E-state index in [4.69, 9.17) is 0 Å². The van der Waals surface area contributed by atoms with Crippen LogP contribution in [0.15, 0.2) is 42.5 Å². The zero-order valence-corrected chi connectivity index (χ0v) is 12.5. The maximum atomic E-state index is 3.59. The highest BCUT2D eigenvalue weighted by atomic mass is 15.2. The molecule has 0 spiro atoms. The van der Waals surface area contributed by atoms with Gasteiger partial charge >= 0.3 is 0 Å². The van der Waals surface area contributed by atoms with Crippen molar-refractivity contribution in [3.05, 3.63) is 59.2 Å². The van der Waals surface area contributed by atoms with Crippen molar-refractivity contribution in [1.82, 2.24) is 5.32 Å². The topological polar surface area (TPSA) is 15.3 Å². The van der Waals surface area contributed by atoms with E-state index in [9.17, 15) is 0 Å². The molecule has 20 heavy (non-hydrogen) atoms. The summed E-state index contributed by atoms with van der Waals surface area (Å²) in [6.45, 7) is 8.60. The molecule has 0 bridgehead atoms. The van der Waals surface area contributed by atoms with E-state index in [0.29, 0.717) is 6.04 Å². The fourth-order valence-corrected chi connectivity index (χ4v) is 2.90. The number of aryl methyl sites for hydroxylation is 1. The van der Waals surface area contributed by atoms with Crippen LogP contribution in [0.4, 0.5) is 11.4 Å². The lowest BCUT2D eigenvalue weighted by atomic mass is 10.1. The highest BCUT2D eigenvalue weighted by Gasteiger charge is 2.21. The van der Waals surface area contributed by atoms with Crippen LogP contribution in [0.25, 0.3) is 0 Å². The van der Waals surface area contributed by atoms with Crippen LogP contribution in [-0.4, -0.2) is 12.6 Å². The number of anilines is 2. The van der Waals surface area contributed by atoms with Crippen LogP contribution in [0, 0.1) is 13.8 Å². The quantitative estimate of drug-likeness (QED) is 0.841. The molecule has 0 saturated heterocycles. The molecule has 1 unspecified atom stereocenters. The first-order chi connectivity index (χ1) is 9.66. The van der Waals surface area contributed by atoms with Gasteiger partial charge in [0.05, 0.1) is 0 Å². The molecule has 0 fully saturated rings. The van der Waals surface area contributed by atoms with Crippen molar-refractivity contribution in [1.29, 1.82) is 0 Å². The van der Waals surface area contributed by atoms with Crippen molar-refractivity contribution in [2.45, 2.75) is 33.4 Å². The molecule has 1 aliphatic rings. The molecule has 0 saturated carbocycles. The third-order valence-corrected chi connectivity index (χ3v) is 4.25. The average molecular weight is 266 g/mol. The second kappa shape index (κ2) is 5.29. The predicted molar refractivity (Wildman–Crippen MR) is 85.7 cm³/mol. The SMILES string of the molecule is Cc1cccc(N2CC(C)NCc3ccccc32)c1C. The number of nitrogens with zero attached hydrogens (tertiary/aromatic N) is 1. The summed E-state index contributed by atoms with van der Waals surface area (Å²) in [5.74, 6) is 0. The molecule has 1 N–H and O–H groups in total. The zero-order chi connectivity index (χ0) is 14.1. The number of fused-ring (bicyclic) bond motifs is 1. The fraction of sp³-hybridized carbons (Fsp3) is 0.333. The van der Waals surface area contributed by atoms with Crippen molar-refractivity contribution >= 4 is 11.4 Å². The van der Waals surface area contributed by atoms with Gasteiger partial charge in [-0.3, -0.25) is 0 Å². The van der Waals surface area contributed by atoms with Gasteiger partial charge in [0.25, 0.3) is 0 Å². The molecule has 0 aromatic heterocycles. The van der Waals surface area contributed by atoms with Crippen LogP contribution >= 0.6 is 0 Å². The average Bonchev–Trinajstić information content (AvgIpc) is 2.62. The lowest BCUT2D eigenvalue weighted by Gasteiger charge is -2.28. The van der Waals surface area contributed by atoms with Crippen LogP contribution in [-0.2, 0) is 6.54 Å². The van der Waals surface area contributed by atoms with E-state index < -0.39 is 0 Å². The third kappa shape index (κ3) is 2.32. The second-order valence-corrected chi connectivity index (χ2v) is 5.74. The van der Waals surface area contributed by atoms with E-state index in [1.807, 2.05) is 0 Å². The van der Waals surface area contributed by atoms with Gasteiger partial charge in [0.2, 0.25) is 0 Å². The fourth-order valence-electron chi connectivity index (χ4n) is 2.90. The van der Waals surface area contributed by atoms with E-state index >= 15 is 0 Å². The van der Waals surface area contributed by atoms with Gasteiger partial charge in [0.1, 0.15) is 0 Å². The Hall–Kier alpha value is -1.80. The van der Waals surface area contributed by atoms with Gasteiger partial charge in [-0.25, -0.2) is 0 Å². The number of para-hydroxylation sites is 1. The van der Waals surface area contributed by atoms with E-state index in [1.165, 1.54) is 28.1 Å². The van der Waals surface area contributed by atoms with Gasteiger partial charge < -0.3 is 10.2 Å². The normalized spacial score (nSPS) is 18.6. The lowest BCUT2D eigenvalue weighted by molar-refractivity contribution is 0.568. The van der Waals surface area contributed by atoms with Crippen LogP contribution in [0.1, 0.15) is 23.6 Å². The van der Waals surface area contributed by atoms with Crippen molar-refractivity contribution in [2.75, 3.05) is 11.4 Å². The smallest absolute Gasteiger partial charge is 0.0456 e. The van der Waals surface area contributed by atoms with Crippen LogP contribution in [0.5, 0.6) is 0 Å². The van der Waals surface area contributed by atoms with E-state index in [2.05, 4.69) is 73.5 Å². The Morgan fingerprint density at radius 1 is 1.00 bits per heavy atom. The van der Waals surface area contributed by atoms with Crippen molar-refractivity contribution in [2.24, 2.45) is 0 Å². The Kier molecular flexibility index (Phi) is 3.49. The Balaban J connectivity index is 2.13. The van der Waals surface area contributed by atoms with E-state index in [0.717, 1.165) is 13.1 Å². The molecule has 2 nitrogen and oxygen atoms in total. The highest BCUT2D eigenvalue weighted by molar-refractivity contribution is 5.70. The van der Waals surface area contributed by atoms with Crippen molar-refractivity contribution < 1.29 is 0 Å². The largest absolute Gasteiger partial charge is 0.339 e. The molecule has 104 valence electrons. The van der Waals surface area contributed by atoms with Crippen molar-refractivity contribution in [3.63, 3.8) is 0 Å². The van der Waals surface area contributed by atoms with Gasteiger partial charge in [-0.15, -0.1) is 0 Å². The highest BCUT2D eigenvalue weighted by Crippen LogP contribution is 2.33. The maximum absolute atomic E-state index is 3.59. The maximum Gasteiger partial charge on any atom is 0.0456 e. The first kappa shape index (κ1) is 13.2. The Bertz CT molecular complexity index is 619. The van der Waals surface area contributed by atoms with Gasteiger partial charge in [-0.05, 0) is 49.6 Å². The van der Waals surface area contributed by atoms with Gasteiger partial charge in [0, 0.05) is 30.5 Å². The van der Waals surface area contributed by atoms with Gasteiger partial charge in [-0.1, -0.05) is 30.3 Å². The number of benzene rings is 2. The molecule has 2 heteroatoms. The summed E-state index contributed by atoms with van der Waals surface area (Å²) in [6, 6.07) is 15.8. The molecule has 1 aliphatic heterocycles. The number of rotatable bonds is 1. The van der Waals surface area contributed by atoms with Crippen LogP contribution in [0.2, 0.25) is 0 Å². The molecule has 3 rings (SSSR count). The number of nitrogens with one attached hydrogen (secondary N) is 1. The van der Waals surface area contributed by atoms with Crippen LogP contribution < -0.4 is 10.2 Å². The van der Waals surface area contributed by atoms with Gasteiger partial charge in [0.15, 0.2) is 0 Å². The Morgan fingerprint density at radius 2 is 1.75 bits per heavy atom. The van der Waals surface area contributed by atoms with Crippen molar-refractivity contribution in [3.8, 4) is 0 Å². The third-order valence-electron chi connectivity index (χ3n) is 4.25. The molecule has 1 atom stereocenters. The lowest BCUT2D eigenvalue weighted by Crippen LogP contribution is -2.33. The summed E-state index contributed by atoms with van der Waals surface area (Å²) in [5, 5.41) is 3.59. The first-order valence-electron chi connectivity index (χ1n) is 7.32. The zero-order valence-electron chi connectivity index (χ0n) is 12.5. The molecule has 0 aliphatic carbocycles. The van der Waals surface area contributed by atoms with Gasteiger partial charge in [-0.2, -0.15) is 0 Å². The summed E-state index contributed by atoms with van der Waals surface area (Å²) in [6.07, 6.45) is 0. The molecular formula is C18H22N2. The molecule has 1 heterocycles. The molecular weight excluding hydrogens is 244 g/mol. The monoisotopic (exact) mass is 266 g/mol. The van der Waals surface area contributed by atoms with Crippen LogP contribution in [0.3, 0.4) is 0 Å². The standard InChI is InChI=1S/C18H22N2/c1-13-7-6-10-17(15(13)3)20-12-14(2)19-11-16-8-4-5-9-18(16)20/h4-10,14,19H,11-12H2,1-3H3. The molecule has 2 aromatic carbocycles. The molecule has 0 amide bonds. The summed E-state index contributed by atoms with van der Waals surface area (Å²) < 4.78 is 0. The summed E-state index contributed by atoms with van der Waals surface area (Å²) >= 11 is 0. The molecule has 0 radical (unpaired) electrons. The van der Waals surface area contributed by atoms with E-state index in [-0.39, 0.29) is 0 Å². The Morgan fingerprint density at radius 3 is 2.60 bits per heavy atom. The minimum Gasteiger partial charge on any atom is -0.339 e. The minimum absolute atomic E-state index is 0.474. The Labute approximate surface area is 121 Å². The summed E-state index contributed by atoms with van der Waals surface area (Å²) in [4.78, 5) is 2.46. The first-order valence-corrected chi connectivity index (χ1v) is 7.32. The van der Waals surface area contributed by atoms with E-state index in [1.54, 1.807) is 0 Å². The summed E-state index contributed by atoms with van der Waals surface area (Å²) in [5.41, 5.74) is 6.75. The number of hydrogen-bond acceptors (Lipinski definition) is 2. The summed E-state index contributed by atoms with van der Waals surface area (Å²) in [7, 11) is 0. The second-order valence-electron chi connectivity index (χ2n) is 5.74. The predicted octanol–water partition coefficient (Wildman–Crippen LogP) is 3.93. The number of hydrogen-bond donors (Lipinski definition) is 1.